The molecule has 0 amide bonds. The summed E-state index contributed by atoms with van der Waals surface area (Å²) in [4.78, 5) is 34.8. The average molecular weight is 673 g/mol. The van der Waals surface area contributed by atoms with E-state index in [-0.39, 0.29) is 29.8 Å². The Morgan fingerprint density at radius 1 is 0.706 bits per heavy atom. The molecule has 0 bridgehead atoms. The van der Waals surface area contributed by atoms with Gasteiger partial charge in [-0.3, -0.25) is 14.8 Å². The van der Waals surface area contributed by atoms with Crippen LogP contribution in [0.15, 0.2) is 118 Å². The van der Waals surface area contributed by atoms with Gasteiger partial charge in [-0.25, -0.2) is 4.79 Å². The molecule has 0 saturated heterocycles. The Bertz CT molecular complexity index is 2680. The van der Waals surface area contributed by atoms with E-state index in [4.69, 9.17) is 14.4 Å². The van der Waals surface area contributed by atoms with E-state index in [0.29, 0.717) is 33.4 Å². The third kappa shape index (κ3) is 5.74. The number of phenols is 1. The summed E-state index contributed by atoms with van der Waals surface area (Å²) in [5, 5.41) is 30.4. The zero-order valence-electron chi connectivity index (χ0n) is 27.8. The van der Waals surface area contributed by atoms with E-state index in [1.54, 1.807) is 42.5 Å². The van der Waals surface area contributed by atoms with Gasteiger partial charge in [-0.2, -0.15) is 0 Å². The number of hydrogen-bond acceptors (Lipinski definition) is 8. The molecule has 2 aliphatic rings. The van der Waals surface area contributed by atoms with Crippen LogP contribution >= 0.6 is 0 Å². The normalized spacial score (nSPS) is 11.4. The van der Waals surface area contributed by atoms with Gasteiger partial charge in [-0.1, -0.05) is 48.5 Å². The van der Waals surface area contributed by atoms with E-state index in [1.807, 2.05) is 74.5 Å². The van der Waals surface area contributed by atoms with Gasteiger partial charge >= 0.3 is 5.97 Å². The Hall–Kier alpha value is -6.74. The number of anilines is 2. The number of aromatic carboxylic acids is 1. The van der Waals surface area contributed by atoms with Gasteiger partial charge < -0.3 is 25.3 Å². The number of fused-ring (bicyclic) bond motifs is 4. The molecule has 2 aromatic heterocycles. The van der Waals surface area contributed by atoms with Crippen LogP contribution in [0.1, 0.15) is 32.9 Å². The summed E-state index contributed by atoms with van der Waals surface area (Å²) in [6.07, 6.45) is 0. The highest BCUT2D eigenvalue weighted by molar-refractivity contribution is 6.04. The van der Waals surface area contributed by atoms with Crippen molar-refractivity contribution >= 4 is 50.1 Å². The van der Waals surface area contributed by atoms with E-state index in [2.05, 4.69) is 10.6 Å². The molecule has 0 saturated carbocycles. The number of nitrogens with zero attached hydrogens (tertiary/aromatic N) is 2. The number of carboxylic acids is 1. The molecule has 0 radical (unpaired) electrons. The first kappa shape index (κ1) is 31.5. The fraction of sp³-hybridized carbons (Fsp3) is 0.0952. The van der Waals surface area contributed by atoms with Crippen molar-refractivity contribution in [1.82, 2.24) is 9.97 Å². The fourth-order valence-electron chi connectivity index (χ4n) is 6.67. The molecule has 0 atom stereocenters. The van der Waals surface area contributed by atoms with Crippen molar-refractivity contribution in [2.24, 2.45) is 0 Å². The first-order valence-corrected chi connectivity index (χ1v) is 16.5. The smallest absolute Gasteiger partial charge is 0.335 e. The Morgan fingerprint density at radius 2 is 1.31 bits per heavy atom. The van der Waals surface area contributed by atoms with Crippen LogP contribution in [0.25, 0.3) is 55.2 Å². The molecule has 8 rings (SSSR count). The van der Waals surface area contributed by atoms with E-state index in [9.17, 15) is 19.8 Å². The topological polar surface area (TPSA) is 138 Å². The number of benzene rings is 5. The second-order valence-electron chi connectivity index (χ2n) is 12.6. The van der Waals surface area contributed by atoms with E-state index < -0.39 is 5.97 Å². The molecule has 0 spiro atoms. The molecule has 250 valence electrons. The summed E-state index contributed by atoms with van der Waals surface area (Å²) in [5.74, 6) is -0.651. The number of carboxylic acid groups (broad SMARTS) is 1. The van der Waals surface area contributed by atoms with E-state index >= 15 is 0 Å². The summed E-state index contributed by atoms with van der Waals surface area (Å²) in [7, 11) is 0. The summed E-state index contributed by atoms with van der Waals surface area (Å²) in [5.41, 5.74) is 8.31. The summed E-state index contributed by atoms with van der Waals surface area (Å²) in [6, 6.07) is 33.0. The summed E-state index contributed by atoms with van der Waals surface area (Å²) < 4.78 is 6.72. The molecule has 4 N–H and O–H groups in total. The van der Waals surface area contributed by atoms with Crippen LogP contribution in [-0.4, -0.2) is 26.2 Å². The van der Waals surface area contributed by atoms with Gasteiger partial charge in [0, 0.05) is 51.8 Å². The van der Waals surface area contributed by atoms with Crippen molar-refractivity contribution in [2.75, 3.05) is 10.6 Å². The predicted octanol–water partition coefficient (Wildman–Crippen LogP) is 8.91. The minimum atomic E-state index is -1.03. The lowest BCUT2D eigenvalue weighted by Gasteiger charge is -2.20. The average Bonchev–Trinajstić information content (AvgIpc) is 3.13. The van der Waals surface area contributed by atoms with Gasteiger partial charge in [-0.05, 0) is 80.1 Å². The highest BCUT2D eigenvalue weighted by Crippen LogP contribution is 2.44. The standard InChI is InChI=1S/C42H32N4O5/c1-23-9-11-26-5-3-7-33(38(26)45-23)43-21-31-35(47)19-17-29-37(25-13-15-28(16-14-25)42(49)50)30-18-20-36(48)32(41(30)51-40(29)31)22-44-34-8-4-6-27-12-10-24(2)46-39(27)34/h3-20,43-44,47H,21-22H2,1-2H3,(H,49,50). The quantitative estimate of drug-likeness (QED) is 0.117. The van der Waals surface area contributed by atoms with Crippen molar-refractivity contribution in [3.05, 3.63) is 147 Å². The van der Waals surface area contributed by atoms with Crippen LogP contribution in [-0.2, 0) is 13.1 Å². The lowest BCUT2D eigenvalue weighted by atomic mass is 9.90. The molecule has 0 unspecified atom stereocenters. The molecule has 51 heavy (non-hydrogen) atoms. The summed E-state index contributed by atoms with van der Waals surface area (Å²) in [6.45, 7) is 4.21. The van der Waals surface area contributed by atoms with E-state index in [1.165, 1.54) is 6.07 Å². The number of aromatic hydroxyl groups is 1. The summed E-state index contributed by atoms with van der Waals surface area (Å²) >= 11 is 0. The SMILES string of the molecule is Cc1ccc2cccc(NCc3c4oc5c(CNc6cccc7ccc(C)nc67)c(O)ccc5c(-c5ccc(C(=O)O)cc5)c-4ccc3=O)c2n1. The maximum Gasteiger partial charge on any atom is 0.335 e. The minimum Gasteiger partial charge on any atom is -0.507 e. The molecule has 9 heteroatoms. The van der Waals surface area contributed by atoms with Gasteiger partial charge in [-0.15, -0.1) is 0 Å². The lowest BCUT2D eigenvalue weighted by Crippen LogP contribution is -2.15. The number of para-hydroxylation sites is 2. The molecule has 1 aliphatic heterocycles. The van der Waals surface area contributed by atoms with Crippen LogP contribution in [0.3, 0.4) is 0 Å². The molecule has 4 aromatic carbocycles. The third-order valence-electron chi connectivity index (χ3n) is 9.25. The third-order valence-corrected chi connectivity index (χ3v) is 9.25. The fourth-order valence-corrected chi connectivity index (χ4v) is 6.67. The Labute approximate surface area is 292 Å². The number of pyridine rings is 2. The number of aromatic nitrogens is 2. The number of nitrogens with one attached hydrogen (secondary N) is 2. The zero-order chi connectivity index (χ0) is 35.2. The molecule has 0 fully saturated rings. The van der Waals surface area contributed by atoms with Gasteiger partial charge in [0.05, 0.1) is 39.1 Å². The number of carbonyl (C=O) groups is 1. The first-order chi connectivity index (χ1) is 24.7. The van der Waals surface area contributed by atoms with Crippen LogP contribution in [0.4, 0.5) is 11.4 Å². The molecular formula is C42H32N4O5. The van der Waals surface area contributed by atoms with Crippen LogP contribution in [0.2, 0.25) is 0 Å². The van der Waals surface area contributed by atoms with Crippen LogP contribution < -0.4 is 16.1 Å². The largest absolute Gasteiger partial charge is 0.507 e. The number of phenolic OH excluding ortho intramolecular Hbond substituents is 1. The Morgan fingerprint density at radius 3 is 1.92 bits per heavy atom. The highest BCUT2D eigenvalue weighted by Gasteiger charge is 2.25. The molecule has 1 aliphatic carbocycles. The maximum atomic E-state index is 13.6. The number of hydrogen-bond donors (Lipinski definition) is 4. The molecule has 6 aromatic rings. The van der Waals surface area contributed by atoms with Gasteiger partial charge in [0.2, 0.25) is 0 Å². The first-order valence-electron chi connectivity index (χ1n) is 16.5. The Balaban J connectivity index is 1.30. The van der Waals surface area contributed by atoms with Crippen molar-refractivity contribution < 1.29 is 19.4 Å². The predicted molar refractivity (Wildman–Crippen MR) is 201 cm³/mol. The van der Waals surface area contributed by atoms with Crippen molar-refractivity contribution in [3.8, 4) is 28.2 Å². The van der Waals surface area contributed by atoms with Crippen LogP contribution in [0.5, 0.6) is 5.75 Å². The lowest BCUT2D eigenvalue weighted by molar-refractivity contribution is 0.0697. The van der Waals surface area contributed by atoms with Crippen molar-refractivity contribution in [2.45, 2.75) is 26.9 Å². The zero-order valence-corrected chi connectivity index (χ0v) is 27.8. The molecule has 3 heterocycles. The highest BCUT2D eigenvalue weighted by atomic mass is 16.4. The Kier molecular flexibility index (Phi) is 7.80. The molecule has 9 nitrogen and oxygen atoms in total. The monoisotopic (exact) mass is 672 g/mol. The second kappa shape index (κ2) is 12.6. The maximum absolute atomic E-state index is 13.6. The second-order valence-corrected chi connectivity index (χ2v) is 12.6. The minimum absolute atomic E-state index is 0.0183. The number of rotatable bonds is 8. The van der Waals surface area contributed by atoms with Gasteiger partial charge in [0.1, 0.15) is 17.1 Å². The van der Waals surface area contributed by atoms with Crippen molar-refractivity contribution in [3.63, 3.8) is 0 Å². The van der Waals surface area contributed by atoms with E-state index in [0.717, 1.165) is 55.7 Å². The van der Waals surface area contributed by atoms with Gasteiger partial charge in [0.25, 0.3) is 0 Å². The number of aryl methyl sites for hydroxylation is 2. The van der Waals surface area contributed by atoms with Gasteiger partial charge in [0.15, 0.2) is 5.43 Å². The van der Waals surface area contributed by atoms with Crippen molar-refractivity contribution in [1.29, 1.82) is 0 Å². The van der Waals surface area contributed by atoms with Crippen LogP contribution in [0, 0.1) is 13.8 Å². The molecular weight excluding hydrogens is 640 g/mol.